The lowest BCUT2D eigenvalue weighted by molar-refractivity contribution is 0.262. The molecule has 0 saturated heterocycles. The molecule has 128 valence electrons. The molecule has 0 aliphatic carbocycles. The van der Waals surface area contributed by atoms with E-state index in [-0.39, 0.29) is 0 Å². The molecule has 25 heavy (non-hydrogen) atoms. The fourth-order valence-corrected chi connectivity index (χ4v) is 2.88. The molecule has 2 N–H and O–H groups in total. The highest BCUT2D eigenvalue weighted by Gasteiger charge is 2.13. The molecule has 2 amide bonds. The zero-order valence-electron chi connectivity index (χ0n) is 13.6. The predicted molar refractivity (Wildman–Crippen MR) is 102 cm³/mol. The first-order chi connectivity index (χ1) is 12.0. The quantitative estimate of drug-likeness (QED) is 0.634. The molecule has 1 heterocycles. The van der Waals surface area contributed by atoms with Crippen LogP contribution in [-0.2, 0) is 0 Å². The van der Waals surface area contributed by atoms with E-state index in [0.29, 0.717) is 32.7 Å². The van der Waals surface area contributed by atoms with Crippen molar-refractivity contribution in [2.24, 2.45) is 0 Å². The van der Waals surface area contributed by atoms with E-state index in [4.69, 9.17) is 27.9 Å². The number of nitrogens with zero attached hydrogens (tertiary/aromatic N) is 1. The molecule has 0 aliphatic heterocycles. The van der Waals surface area contributed by atoms with Gasteiger partial charge in [0.15, 0.2) is 0 Å². The topological polar surface area (TPSA) is 63.2 Å². The van der Waals surface area contributed by atoms with E-state index in [1.807, 2.05) is 13.0 Å². The number of urea groups is 1. The Morgan fingerprint density at radius 3 is 2.68 bits per heavy atom. The number of para-hydroxylation sites is 1. The molecule has 0 unspecified atom stereocenters. The van der Waals surface area contributed by atoms with Crippen LogP contribution in [0.3, 0.4) is 0 Å². The van der Waals surface area contributed by atoms with Crippen LogP contribution >= 0.6 is 23.2 Å². The highest BCUT2D eigenvalue weighted by molar-refractivity contribution is 6.34. The summed E-state index contributed by atoms with van der Waals surface area (Å²) in [5.74, 6) is 0.477. The number of aryl methyl sites for hydroxylation is 1. The third kappa shape index (κ3) is 3.78. The van der Waals surface area contributed by atoms with Crippen molar-refractivity contribution in [2.45, 2.75) is 6.92 Å². The monoisotopic (exact) mass is 375 g/mol. The molecular weight excluding hydrogens is 361 g/mol. The molecule has 7 heteroatoms. The number of rotatable bonds is 3. The number of methoxy groups -OCH3 is 1. The van der Waals surface area contributed by atoms with Crippen LogP contribution in [0.1, 0.15) is 5.69 Å². The van der Waals surface area contributed by atoms with Crippen LogP contribution in [0.4, 0.5) is 16.2 Å². The summed E-state index contributed by atoms with van der Waals surface area (Å²) in [4.78, 5) is 16.9. The van der Waals surface area contributed by atoms with Gasteiger partial charge in [0.1, 0.15) is 11.4 Å². The first-order valence-corrected chi connectivity index (χ1v) is 8.21. The van der Waals surface area contributed by atoms with Crippen molar-refractivity contribution in [1.82, 2.24) is 4.98 Å². The van der Waals surface area contributed by atoms with E-state index in [1.54, 1.807) is 36.4 Å². The first kappa shape index (κ1) is 17.3. The Bertz CT molecular complexity index is 955. The molecule has 5 nitrogen and oxygen atoms in total. The molecule has 0 spiro atoms. The number of ether oxygens (including phenoxy) is 1. The van der Waals surface area contributed by atoms with Crippen LogP contribution in [0.15, 0.2) is 42.5 Å². The average Bonchev–Trinajstić information content (AvgIpc) is 2.56. The van der Waals surface area contributed by atoms with Gasteiger partial charge >= 0.3 is 6.03 Å². The molecule has 0 radical (unpaired) electrons. The van der Waals surface area contributed by atoms with Crippen molar-refractivity contribution in [1.29, 1.82) is 0 Å². The Hall–Kier alpha value is -2.50. The molecule has 1 aromatic heterocycles. The predicted octanol–water partition coefficient (Wildman–Crippen LogP) is 5.50. The molecule has 0 saturated carbocycles. The SMILES string of the molecule is COc1cccc(Cl)c1NC(=O)Nc1cc(C)nc2cc(Cl)ccc12. The van der Waals surface area contributed by atoms with E-state index in [1.165, 1.54) is 7.11 Å². The average molecular weight is 376 g/mol. The van der Waals surface area contributed by atoms with Crippen molar-refractivity contribution < 1.29 is 9.53 Å². The number of amides is 2. The van der Waals surface area contributed by atoms with E-state index >= 15 is 0 Å². The number of halogens is 2. The minimum absolute atomic E-state index is 0.386. The highest BCUT2D eigenvalue weighted by atomic mass is 35.5. The summed E-state index contributed by atoms with van der Waals surface area (Å²) >= 11 is 12.2. The normalized spacial score (nSPS) is 10.6. The maximum atomic E-state index is 12.4. The van der Waals surface area contributed by atoms with Gasteiger partial charge in [-0.1, -0.05) is 29.3 Å². The summed E-state index contributed by atoms with van der Waals surface area (Å²) in [5, 5.41) is 7.30. The second kappa shape index (κ2) is 7.17. The summed E-state index contributed by atoms with van der Waals surface area (Å²) in [7, 11) is 1.51. The van der Waals surface area contributed by atoms with Gasteiger partial charge in [-0.2, -0.15) is 0 Å². The minimum atomic E-state index is -0.437. The largest absolute Gasteiger partial charge is 0.495 e. The summed E-state index contributed by atoms with van der Waals surface area (Å²) in [6, 6.07) is 11.8. The van der Waals surface area contributed by atoms with E-state index in [0.717, 1.165) is 11.1 Å². The van der Waals surface area contributed by atoms with Gasteiger partial charge in [-0.15, -0.1) is 0 Å². The number of anilines is 2. The van der Waals surface area contributed by atoms with Gasteiger partial charge in [0.25, 0.3) is 0 Å². The lowest BCUT2D eigenvalue weighted by Gasteiger charge is -2.14. The van der Waals surface area contributed by atoms with Gasteiger partial charge in [-0.05, 0) is 43.3 Å². The summed E-state index contributed by atoms with van der Waals surface area (Å²) in [6.07, 6.45) is 0. The maximum absolute atomic E-state index is 12.4. The van der Waals surface area contributed by atoms with E-state index < -0.39 is 6.03 Å². The number of hydrogen-bond acceptors (Lipinski definition) is 3. The maximum Gasteiger partial charge on any atom is 0.323 e. The van der Waals surface area contributed by atoms with Crippen LogP contribution in [0.5, 0.6) is 5.75 Å². The number of carbonyl (C=O) groups excluding carboxylic acids is 1. The van der Waals surface area contributed by atoms with E-state index in [9.17, 15) is 4.79 Å². The number of benzene rings is 2. The van der Waals surface area contributed by atoms with Gasteiger partial charge in [0.05, 0.1) is 23.3 Å². The molecular formula is C18H15Cl2N3O2. The molecule has 0 fully saturated rings. The van der Waals surface area contributed by atoms with Crippen LogP contribution in [0, 0.1) is 6.92 Å². The Balaban J connectivity index is 1.91. The fourth-order valence-electron chi connectivity index (χ4n) is 2.50. The third-order valence-electron chi connectivity index (χ3n) is 3.58. The molecule has 3 aromatic rings. The minimum Gasteiger partial charge on any atom is -0.495 e. The lowest BCUT2D eigenvalue weighted by Crippen LogP contribution is -2.20. The molecule has 0 aliphatic rings. The molecule has 2 aromatic carbocycles. The number of fused-ring (bicyclic) bond motifs is 1. The van der Waals surface area contributed by atoms with Crippen LogP contribution in [0.25, 0.3) is 10.9 Å². The second-order valence-corrected chi connectivity index (χ2v) is 6.21. The Morgan fingerprint density at radius 1 is 1.12 bits per heavy atom. The van der Waals surface area contributed by atoms with Crippen molar-refractivity contribution in [3.05, 3.63) is 58.2 Å². The van der Waals surface area contributed by atoms with Crippen LogP contribution < -0.4 is 15.4 Å². The number of aromatic nitrogens is 1. The summed E-state index contributed by atoms with van der Waals surface area (Å²) < 4.78 is 5.23. The van der Waals surface area contributed by atoms with E-state index in [2.05, 4.69) is 15.6 Å². The molecule has 0 bridgehead atoms. The Labute approximate surface area is 154 Å². The zero-order valence-corrected chi connectivity index (χ0v) is 15.1. The fraction of sp³-hybridized carbons (Fsp3) is 0.111. The number of carbonyl (C=O) groups is 1. The van der Waals surface area contributed by atoms with Crippen LogP contribution in [-0.4, -0.2) is 18.1 Å². The third-order valence-corrected chi connectivity index (χ3v) is 4.13. The lowest BCUT2D eigenvalue weighted by atomic mass is 10.1. The van der Waals surface area contributed by atoms with Crippen molar-refractivity contribution >= 4 is 51.5 Å². The van der Waals surface area contributed by atoms with Crippen molar-refractivity contribution in [2.75, 3.05) is 17.7 Å². The van der Waals surface area contributed by atoms with Crippen molar-refractivity contribution in [3.63, 3.8) is 0 Å². The molecule has 3 rings (SSSR count). The summed E-state index contributed by atoms with van der Waals surface area (Å²) in [5.41, 5.74) is 2.50. The van der Waals surface area contributed by atoms with Gasteiger partial charge < -0.3 is 15.4 Å². The number of hydrogen-bond donors (Lipinski definition) is 2. The first-order valence-electron chi connectivity index (χ1n) is 7.45. The molecule has 0 atom stereocenters. The Morgan fingerprint density at radius 2 is 1.92 bits per heavy atom. The van der Waals surface area contributed by atoms with Crippen molar-refractivity contribution in [3.8, 4) is 5.75 Å². The zero-order chi connectivity index (χ0) is 18.0. The number of pyridine rings is 1. The number of nitrogens with one attached hydrogen (secondary N) is 2. The Kier molecular flexibility index (Phi) is 4.97. The van der Waals surface area contributed by atoms with Gasteiger partial charge in [-0.25, -0.2) is 4.79 Å². The van der Waals surface area contributed by atoms with Gasteiger partial charge in [-0.3, -0.25) is 4.98 Å². The van der Waals surface area contributed by atoms with Gasteiger partial charge in [0, 0.05) is 16.1 Å². The highest BCUT2D eigenvalue weighted by Crippen LogP contribution is 2.32. The summed E-state index contributed by atoms with van der Waals surface area (Å²) in [6.45, 7) is 1.85. The van der Waals surface area contributed by atoms with Crippen LogP contribution in [0.2, 0.25) is 10.0 Å². The standard InChI is InChI=1S/C18H15Cl2N3O2/c1-10-8-14(12-7-6-11(19)9-15(12)21-10)22-18(24)23-17-13(20)4-3-5-16(17)25-2/h3-9H,1-2H3,(H2,21,22,23,24). The second-order valence-electron chi connectivity index (χ2n) is 5.37. The van der Waals surface area contributed by atoms with Gasteiger partial charge in [0.2, 0.25) is 0 Å². The smallest absolute Gasteiger partial charge is 0.323 e.